The summed E-state index contributed by atoms with van der Waals surface area (Å²) in [6.45, 7) is 1.53. The molecular formula is C21H16F3O2P. The fraction of sp³-hybridized carbons (Fsp3) is 0.0952. The molecule has 1 unspecified atom stereocenters. The van der Waals surface area contributed by atoms with Crippen molar-refractivity contribution in [3.8, 4) is 11.5 Å². The van der Waals surface area contributed by atoms with E-state index in [1.807, 2.05) is 6.07 Å². The minimum atomic E-state index is -4.33. The Morgan fingerprint density at radius 1 is 0.889 bits per heavy atom. The summed E-state index contributed by atoms with van der Waals surface area (Å²) in [5.74, 6) is -3.96. The SMILES string of the molecule is Cc1c(PC(F)(F)F)ccc(Oc2ccccc2)c1C(=O)c1ccccc1. The molecule has 0 heterocycles. The first-order valence-electron chi connectivity index (χ1n) is 8.16. The van der Waals surface area contributed by atoms with Gasteiger partial charge in [0.1, 0.15) is 11.5 Å². The van der Waals surface area contributed by atoms with Gasteiger partial charge >= 0.3 is 5.92 Å². The Hall–Kier alpha value is -2.65. The minimum Gasteiger partial charge on any atom is -0.457 e. The van der Waals surface area contributed by atoms with E-state index in [4.69, 9.17) is 4.74 Å². The monoisotopic (exact) mass is 388 g/mol. The number of halogens is 3. The summed E-state index contributed by atoms with van der Waals surface area (Å²) in [5.41, 5.74) is 0.832. The summed E-state index contributed by atoms with van der Waals surface area (Å²) < 4.78 is 44.6. The van der Waals surface area contributed by atoms with Crippen LogP contribution in [0.5, 0.6) is 11.5 Å². The van der Waals surface area contributed by atoms with Crippen LogP contribution in [0.4, 0.5) is 13.2 Å². The molecule has 0 saturated heterocycles. The number of rotatable bonds is 5. The van der Waals surface area contributed by atoms with E-state index in [9.17, 15) is 18.0 Å². The van der Waals surface area contributed by atoms with Crippen LogP contribution in [0.2, 0.25) is 0 Å². The zero-order chi connectivity index (χ0) is 19.4. The number of ether oxygens (including phenoxy) is 1. The van der Waals surface area contributed by atoms with Gasteiger partial charge in [-0.15, -0.1) is 0 Å². The third-order valence-corrected chi connectivity index (χ3v) is 5.03. The Morgan fingerprint density at radius 2 is 1.48 bits per heavy atom. The van der Waals surface area contributed by atoms with E-state index in [0.717, 1.165) is 0 Å². The van der Waals surface area contributed by atoms with E-state index in [-0.39, 0.29) is 28.0 Å². The van der Waals surface area contributed by atoms with Gasteiger partial charge in [-0.05, 0) is 36.0 Å². The molecule has 3 aromatic rings. The molecule has 0 aromatic heterocycles. The number of carbonyl (C=O) groups excluding carboxylic acids is 1. The van der Waals surface area contributed by atoms with E-state index in [1.165, 1.54) is 19.1 Å². The van der Waals surface area contributed by atoms with E-state index < -0.39 is 14.5 Å². The van der Waals surface area contributed by atoms with Gasteiger partial charge in [0.15, 0.2) is 5.78 Å². The Bertz CT molecular complexity index is 939. The maximum absolute atomic E-state index is 13.0. The first-order valence-corrected chi connectivity index (χ1v) is 9.16. The van der Waals surface area contributed by atoms with Gasteiger partial charge < -0.3 is 4.74 Å². The lowest BCUT2D eigenvalue weighted by molar-refractivity contribution is -0.0359. The molecule has 2 nitrogen and oxygen atoms in total. The fourth-order valence-corrected chi connectivity index (χ4v) is 3.48. The summed E-state index contributed by atoms with van der Waals surface area (Å²) >= 11 is 0. The summed E-state index contributed by atoms with van der Waals surface area (Å²) in [4.78, 5) is 13.0. The molecule has 27 heavy (non-hydrogen) atoms. The van der Waals surface area contributed by atoms with Crippen LogP contribution in [-0.2, 0) is 0 Å². The van der Waals surface area contributed by atoms with E-state index in [0.29, 0.717) is 11.3 Å². The summed E-state index contributed by atoms with van der Waals surface area (Å²) in [5, 5.41) is 0.0854. The van der Waals surface area contributed by atoms with Crippen LogP contribution in [0.1, 0.15) is 21.5 Å². The molecule has 138 valence electrons. The Kier molecular flexibility index (Phi) is 5.62. The lowest BCUT2D eigenvalue weighted by Gasteiger charge is -2.17. The Balaban J connectivity index is 2.10. The third-order valence-electron chi connectivity index (χ3n) is 3.94. The van der Waals surface area contributed by atoms with Crippen LogP contribution in [0.3, 0.4) is 0 Å². The second-order valence-corrected chi connectivity index (χ2v) is 7.20. The van der Waals surface area contributed by atoms with E-state index in [1.54, 1.807) is 54.6 Å². The molecule has 0 amide bonds. The van der Waals surface area contributed by atoms with Crippen molar-refractivity contribution in [2.75, 3.05) is 0 Å². The average Bonchev–Trinajstić information content (AvgIpc) is 2.64. The van der Waals surface area contributed by atoms with Gasteiger partial charge in [-0.2, -0.15) is 13.2 Å². The molecule has 6 heteroatoms. The zero-order valence-corrected chi connectivity index (χ0v) is 15.4. The lowest BCUT2D eigenvalue weighted by Crippen LogP contribution is -2.15. The van der Waals surface area contributed by atoms with Gasteiger partial charge in [-0.25, -0.2) is 0 Å². The van der Waals surface area contributed by atoms with Crippen LogP contribution < -0.4 is 10.0 Å². The predicted molar refractivity (Wildman–Crippen MR) is 102 cm³/mol. The maximum Gasteiger partial charge on any atom is 0.406 e. The molecule has 0 N–H and O–H groups in total. The fourth-order valence-electron chi connectivity index (χ4n) is 2.69. The van der Waals surface area contributed by atoms with Gasteiger partial charge in [0.2, 0.25) is 0 Å². The summed E-state index contributed by atoms with van der Waals surface area (Å²) in [7, 11) is -1.38. The van der Waals surface area contributed by atoms with Crippen molar-refractivity contribution < 1.29 is 22.7 Å². The highest BCUT2D eigenvalue weighted by atomic mass is 31.1. The Morgan fingerprint density at radius 3 is 2.07 bits per heavy atom. The van der Waals surface area contributed by atoms with Gasteiger partial charge in [-0.1, -0.05) is 54.6 Å². The highest BCUT2D eigenvalue weighted by Crippen LogP contribution is 2.39. The van der Waals surface area contributed by atoms with E-state index >= 15 is 0 Å². The van der Waals surface area contributed by atoms with Gasteiger partial charge in [0, 0.05) is 14.1 Å². The van der Waals surface area contributed by atoms with Gasteiger partial charge in [0.25, 0.3) is 0 Å². The van der Waals surface area contributed by atoms with Crippen LogP contribution in [0, 0.1) is 6.92 Å². The van der Waals surface area contributed by atoms with Gasteiger partial charge in [-0.3, -0.25) is 4.79 Å². The van der Waals surface area contributed by atoms with Crippen LogP contribution in [0.25, 0.3) is 0 Å². The number of hydrogen-bond donors (Lipinski definition) is 0. The predicted octanol–water partition coefficient (Wildman–Crippen LogP) is 5.84. The van der Waals surface area contributed by atoms with Crippen molar-refractivity contribution in [2.45, 2.75) is 12.8 Å². The van der Waals surface area contributed by atoms with Crippen LogP contribution >= 0.6 is 8.58 Å². The van der Waals surface area contributed by atoms with E-state index in [2.05, 4.69) is 0 Å². The number of alkyl halides is 3. The highest BCUT2D eigenvalue weighted by molar-refractivity contribution is 7.48. The molecule has 0 aliphatic carbocycles. The first-order chi connectivity index (χ1) is 12.8. The number of benzene rings is 3. The van der Waals surface area contributed by atoms with Crippen molar-refractivity contribution in [3.05, 3.63) is 89.5 Å². The largest absolute Gasteiger partial charge is 0.457 e. The maximum atomic E-state index is 13.0. The average molecular weight is 388 g/mol. The topological polar surface area (TPSA) is 26.3 Å². The molecule has 0 aliphatic heterocycles. The van der Waals surface area contributed by atoms with Gasteiger partial charge in [0.05, 0.1) is 5.56 Å². The highest BCUT2D eigenvalue weighted by Gasteiger charge is 2.30. The number of carbonyl (C=O) groups is 1. The molecule has 0 bridgehead atoms. The molecule has 0 fully saturated rings. The van der Waals surface area contributed by atoms with Crippen LogP contribution in [-0.4, -0.2) is 11.7 Å². The van der Waals surface area contributed by atoms with Crippen molar-refractivity contribution in [1.29, 1.82) is 0 Å². The standard InChI is InChI=1S/C21H16F3O2P/c1-14-18(27-21(22,23)24)13-12-17(26-16-10-6-3-7-11-16)19(14)20(25)15-8-4-2-5-9-15/h2-13,27H,1H3. The molecule has 1 atom stereocenters. The van der Waals surface area contributed by atoms with Crippen LogP contribution in [0.15, 0.2) is 72.8 Å². The van der Waals surface area contributed by atoms with Crippen molar-refractivity contribution in [1.82, 2.24) is 0 Å². The molecular weight excluding hydrogens is 372 g/mol. The summed E-state index contributed by atoms with van der Waals surface area (Å²) in [6, 6.07) is 20.1. The third kappa shape index (κ3) is 4.75. The van der Waals surface area contributed by atoms with Crippen molar-refractivity contribution in [2.24, 2.45) is 0 Å². The second-order valence-electron chi connectivity index (χ2n) is 5.84. The second kappa shape index (κ2) is 7.93. The quantitative estimate of drug-likeness (QED) is 0.405. The number of para-hydroxylation sites is 1. The molecule has 0 spiro atoms. The minimum absolute atomic E-state index is 0.0854. The first kappa shape index (κ1) is 19.1. The molecule has 0 aliphatic rings. The summed E-state index contributed by atoms with van der Waals surface area (Å²) in [6.07, 6.45) is 0. The number of hydrogen-bond acceptors (Lipinski definition) is 2. The molecule has 0 radical (unpaired) electrons. The van der Waals surface area contributed by atoms with Crippen molar-refractivity contribution in [3.63, 3.8) is 0 Å². The number of ketones is 1. The zero-order valence-electron chi connectivity index (χ0n) is 14.4. The normalized spacial score (nSPS) is 11.7. The van der Waals surface area contributed by atoms with Crippen molar-refractivity contribution >= 4 is 19.7 Å². The smallest absolute Gasteiger partial charge is 0.406 e. The lowest BCUT2D eigenvalue weighted by atomic mass is 9.98. The molecule has 3 rings (SSSR count). The molecule has 0 saturated carbocycles. The Labute approximate surface area is 156 Å². The molecule has 3 aromatic carbocycles.